The van der Waals surface area contributed by atoms with Crippen LogP contribution in [-0.2, 0) is 11.9 Å². The summed E-state index contributed by atoms with van der Waals surface area (Å²) in [5, 5.41) is 5.30. The highest BCUT2D eigenvalue weighted by atomic mass is 79.9. The maximum absolute atomic E-state index is 3.67. The van der Waals surface area contributed by atoms with Gasteiger partial charge in [-0.3, -0.25) is 0 Å². The number of hydrogen-bond donors (Lipinski definition) is 0. The summed E-state index contributed by atoms with van der Waals surface area (Å²) < 4.78 is 1.19. The molecule has 1 aliphatic carbocycles. The third-order valence-corrected chi connectivity index (χ3v) is 5.51. The topological polar surface area (TPSA) is 3.24 Å². The third kappa shape index (κ3) is 3.23. The molecule has 1 fully saturated rings. The highest BCUT2D eigenvalue weighted by Gasteiger charge is 2.29. The standard InChI is InChI=1S/C15H15Br2NS/c16-8-12-1-2-14(7-15(12)17)18(13-3-4-13)9-11-5-6-19-10-11/h1-2,5-7,10,13H,3-4,8-9H2. The Balaban J connectivity index is 1.85. The van der Waals surface area contributed by atoms with Crippen LogP contribution >= 0.6 is 43.2 Å². The van der Waals surface area contributed by atoms with Crippen molar-refractivity contribution in [3.63, 3.8) is 0 Å². The van der Waals surface area contributed by atoms with Crippen LogP contribution < -0.4 is 4.90 Å². The first kappa shape index (κ1) is 13.7. The molecule has 1 heterocycles. The van der Waals surface area contributed by atoms with Gasteiger partial charge in [-0.15, -0.1) is 0 Å². The van der Waals surface area contributed by atoms with Crippen LogP contribution in [0.25, 0.3) is 0 Å². The van der Waals surface area contributed by atoms with Crippen LogP contribution in [0, 0.1) is 0 Å². The van der Waals surface area contributed by atoms with Gasteiger partial charge in [0.2, 0.25) is 0 Å². The number of anilines is 1. The van der Waals surface area contributed by atoms with Gasteiger partial charge in [-0.05, 0) is 52.9 Å². The highest BCUT2D eigenvalue weighted by molar-refractivity contribution is 9.10. The van der Waals surface area contributed by atoms with Gasteiger partial charge in [-0.25, -0.2) is 0 Å². The second kappa shape index (κ2) is 5.98. The van der Waals surface area contributed by atoms with Gasteiger partial charge >= 0.3 is 0 Å². The van der Waals surface area contributed by atoms with E-state index >= 15 is 0 Å². The Morgan fingerprint density at radius 2 is 2.11 bits per heavy atom. The molecular weight excluding hydrogens is 386 g/mol. The van der Waals surface area contributed by atoms with Crippen LogP contribution in [-0.4, -0.2) is 6.04 Å². The fourth-order valence-electron chi connectivity index (χ4n) is 2.22. The maximum atomic E-state index is 3.67. The van der Waals surface area contributed by atoms with Gasteiger partial charge in [-0.1, -0.05) is 37.9 Å². The summed E-state index contributed by atoms with van der Waals surface area (Å²) in [5.74, 6) is 0. The van der Waals surface area contributed by atoms with Crippen molar-refractivity contribution < 1.29 is 0 Å². The van der Waals surface area contributed by atoms with E-state index in [4.69, 9.17) is 0 Å². The summed E-state index contributed by atoms with van der Waals surface area (Å²) in [6.07, 6.45) is 2.64. The molecule has 2 aromatic rings. The predicted octanol–water partition coefficient (Wildman–Crippen LogP) is 5.57. The molecule has 3 rings (SSSR count). The average molecular weight is 401 g/mol. The zero-order valence-electron chi connectivity index (χ0n) is 10.5. The largest absolute Gasteiger partial charge is 0.364 e. The zero-order valence-corrected chi connectivity index (χ0v) is 14.5. The maximum Gasteiger partial charge on any atom is 0.0440 e. The molecular formula is C15H15Br2NS. The van der Waals surface area contributed by atoms with Crippen LogP contribution in [0.2, 0.25) is 0 Å². The van der Waals surface area contributed by atoms with Crippen molar-refractivity contribution in [2.24, 2.45) is 0 Å². The Kier molecular flexibility index (Phi) is 4.30. The van der Waals surface area contributed by atoms with E-state index in [1.807, 2.05) is 0 Å². The fourth-order valence-corrected chi connectivity index (χ4v) is 4.25. The molecule has 1 aliphatic rings. The summed E-state index contributed by atoms with van der Waals surface area (Å²) in [6.45, 7) is 1.02. The van der Waals surface area contributed by atoms with E-state index in [2.05, 4.69) is 71.8 Å². The number of benzene rings is 1. The van der Waals surface area contributed by atoms with Crippen molar-refractivity contribution >= 4 is 48.9 Å². The second-order valence-electron chi connectivity index (χ2n) is 4.90. The summed E-state index contributed by atoms with van der Waals surface area (Å²) in [5.41, 5.74) is 4.04. The van der Waals surface area contributed by atoms with Gasteiger partial charge in [-0.2, -0.15) is 11.3 Å². The van der Waals surface area contributed by atoms with Crippen molar-refractivity contribution in [3.8, 4) is 0 Å². The quantitative estimate of drug-likeness (QED) is 0.592. The van der Waals surface area contributed by atoms with Gasteiger partial charge in [0.05, 0.1) is 0 Å². The van der Waals surface area contributed by atoms with Crippen molar-refractivity contribution in [1.82, 2.24) is 0 Å². The van der Waals surface area contributed by atoms with Crippen LogP contribution in [0.15, 0.2) is 39.5 Å². The SMILES string of the molecule is BrCc1ccc(N(Cc2ccsc2)C2CC2)cc1Br. The molecule has 0 radical (unpaired) electrons. The molecule has 0 aliphatic heterocycles. The zero-order chi connectivity index (χ0) is 13.2. The lowest BCUT2D eigenvalue weighted by Crippen LogP contribution is -2.24. The second-order valence-corrected chi connectivity index (χ2v) is 7.10. The van der Waals surface area contributed by atoms with Gasteiger partial charge in [0.25, 0.3) is 0 Å². The lowest BCUT2D eigenvalue weighted by molar-refractivity contribution is 0.796. The molecule has 0 bridgehead atoms. The summed E-state index contributed by atoms with van der Waals surface area (Å²) in [6, 6.07) is 9.65. The van der Waals surface area contributed by atoms with Crippen molar-refractivity contribution in [2.75, 3.05) is 4.90 Å². The Morgan fingerprint density at radius 1 is 1.26 bits per heavy atom. The van der Waals surface area contributed by atoms with E-state index in [0.29, 0.717) is 0 Å². The summed E-state index contributed by atoms with van der Waals surface area (Å²) >= 11 is 8.96. The molecule has 0 atom stereocenters. The fraction of sp³-hybridized carbons (Fsp3) is 0.333. The smallest absolute Gasteiger partial charge is 0.0440 e. The normalized spacial score (nSPS) is 14.6. The first-order chi connectivity index (χ1) is 9.28. The molecule has 1 saturated carbocycles. The molecule has 1 aromatic heterocycles. The lowest BCUT2D eigenvalue weighted by Gasteiger charge is -2.25. The van der Waals surface area contributed by atoms with E-state index in [9.17, 15) is 0 Å². The molecule has 0 unspecified atom stereocenters. The Hall–Kier alpha value is -0.320. The van der Waals surface area contributed by atoms with Crippen LogP contribution in [0.1, 0.15) is 24.0 Å². The third-order valence-electron chi connectivity index (χ3n) is 3.43. The Labute approximate surface area is 134 Å². The van der Waals surface area contributed by atoms with Gasteiger partial charge in [0.15, 0.2) is 0 Å². The van der Waals surface area contributed by atoms with Gasteiger partial charge in [0.1, 0.15) is 0 Å². The first-order valence-corrected chi connectivity index (χ1v) is 9.26. The number of halogens is 2. The van der Waals surface area contributed by atoms with Crippen molar-refractivity contribution in [2.45, 2.75) is 30.8 Å². The Morgan fingerprint density at radius 3 is 2.68 bits per heavy atom. The number of alkyl halides is 1. The molecule has 4 heteroatoms. The Bertz CT molecular complexity index is 549. The molecule has 19 heavy (non-hydrogen) atoms. The number of rotatable bonds is 5. The van der Waals surface area contributed by atoms with E-state index < -0.39 is 0 Å². The predicted molar refractivity (Wildman–Crippen MR) is 90.3 cm³/mol. The van der Waals surface area contributed by atoms with Crippen molar-refractivity contribution in [3.05, 3.63) is 50.6 Å². The van der Waals surface area contributed by atoms with Crippen LogP contribution in [0.3, 0.4) is 0 Å². The minimum Gasteiger partial charge on any atom is -0.364 e. The van der Waals surface area contributed by atoms with Crippen molar-refractivity contribution in [1.29, 1.82) is 0 Å². The lowest BCUT2D eigenvalue weighted by atomic mass is 10.2. The summed E-state index contributed by atoms with van der Waals surface area (Å²) in [4.78, 5) is 2.53. The number of nitrogens with zero attached hydrogens (tertiary/aromatic N) is 1. The molecule has 100 valence electrons. The van der Waals surface area contributed by atoms with Gasteiger partial charge < -0.3 is 4.90 Å². The van der Waals surface area contributed by atoms with E-state index in [-0.39, 0.29) is 0 Å². The first-order valence-electron chi connectivity index (χ1n) is 6.40. The average Bonchev–Trinajstić information content (AvgIpc) is 3.13. The summed E-state index contributed by atoms with van der Waals surface area (Å²) in [7, 11) is 0. The minimum absolute atomic E-state index is 0.724. The molecule has 1 nitrogen and oxygen atoms in total. The number of thiophene rings is 1. The van der Waals surface area contributed by atoms with E-state index in [1.165, 1.54) is 34.1 Å². The van der Waals surface area contributed by atoms with E-state index in [1.54, 1.807) is 11.3 Å². The van der Waals surface area contributed by atoms with Crippen LogP contribution in [0.5, 0.6) is 0 Å². The monoisotopic (exact) mass is 399 g/mol. The van der Waals surface area contributed by atoms with Gasteiger partial charge in [0, 0.05) is 28.1 Å². The minimum atomic E-state index is 0.724. The molecule has 1 aromatic carbocycles. The van der Waals surface area contributed by atoms with Crippen LogP contribution in [0.4, 0.5) is 5.69 Å². The molecule has 0 spiro atoms. The molecule has 0 amide bonds. The molecule has 0 saturated heterocycles. The highest BCUT2D eigenvalue weighted by Crippen LogP contribution is 2.35. The molecule has 0 N–H and O–H groups in total. The number of hydrogen-bond acceptors (Lipinski definition) is 2. The van der Waals surface area contributed by atoms with E-state index in [0.717, 1.165) is 17.9 Å².